The minimum Gasteiger partial charge on any atom is -0.374 e. The first kappa shape index (κ1) is 22.3. The Hall–Kier alpha value is -2.38. The average Bonchev–Trinajstić information content (AvgIpc) is 2.73. The Morgan fingerprint density at radius 1 is 1.17 bits per heavy atom. The lowest BCUT2D eigenvalue weighted by molar-refractivity contribution is -0.137. The zero-order chi connectivity index (χ0) is 21.6. The molecule has 2 atom stereocenters. The summed E-state index contributed by atoms with van der Waals surface area (Å²) in [5, 5.41) is 2.90. The van der Waals surface area contributed by atoms with Crippen molar-refractivity contribution in [2.75, 3.05) is 26.2 Å². The largest absolute Gasteiger partial charge is 0.416 e. The number of hydrogen-bond acceptors (Lipinski definition) is 3. The van der Waals surface area contributed by atoms with Gasteiger partial charge in [-0.05, 0) is 29.2 Å². The molecule has 0 radical (unpaired) electrons. The van der Waals surface area contributed by atoms with Gasteiger partial charge in [-0.3, -0.25) is 9.69 Å². The van der Waals surface area contributed by atoms with Crippen molar-refractivity contribution in [1.82, 2.24) is 10.2 Å². The fraction of sp³-hybridized carbons (Fsp3) is 0.435. The highest BCUT2D eigenvalue weighted by molar-refractivity contribution is 5.76. The van der Waals surface area contributed by atoms with E-state index in [0.29, 0.717) is 18.7 Å². The number of amides is 1. The second-order valence-electron chi connectivity index (χ2n) is 7.74. The molecule has 3 rings (SSSR count). The number of halogens is 3. The van der Waals surface area contributed by atoms with E-state index in [9.17, 15) is 18.0 Å². The van der Waals surface area contributed by atoms with Gasteiger partial charge in [0.15, 0.2) is 0 Å². The number of benzene rings is 2. The Kier molecular flexibility index (Phi) is 7.50. The third kappa shape index (κ3) is 6.57. The summed E-state index contributed by atoms with van der Waals surface area (Å²) >= 11 is 0. The molecule has 0 aromatic heterocycles. The third-order valence-electron chi connectivity index (χ3n) is 5.30. The molecular weight excluding hydrogens is 393 g/mol. The van der Waals surface area contributed by atoms with E-state index >= 15 is 0 Å². The van der Waals surface area contributed by atoms with Gasteiger partial charge in [0, 0.05) is 32.6 Å². The molecule has 162 valence electrons. The zero-order valence-electron chi connectivity index (χ0n) is 17.0. The van der Waals surface area contributed by atoms with Gasteiger partial charge >= 0.3 is 6.18 Å². The molecule has 0 aliphatic carbocycles. The summed E-state index contributed by atoms with van der Waals surface area (Å²) in [5.41, 5.74) is 1.27. The maximum atomic E-state index is 12.7. The summed E-state index contributed by atoms with van der Waals surface area (Å²) in [6.07, 6.45) is -4.22. The van der Waals surface area contributed by atoms with Gasteiger partial charge in [0.25, 0.3) is 0 Å². The number of rotatable bonds is 7. The van der Waals surface area contributed by atoms with E-state index in [2.05, 4.69) is 22.3 Å². The summed E-state index contributed by atoms with van der Waals surface area (Å²) in [5.74, 6) is -0.305. The van der Waals surface area contributed by atoms with Crippen LogP contribution in [0.3, 0.4) is 0 Å². The number of hydrogen-bond donors (Lipinski definition) is 1. The molecule has 1 saturated heterocycles. The molecule has 1 heterocycles. The van der Waals surface area contributed by atoms with Crippen molar-refractivity contribution in [3.63, 3.8) is 0 Å². The molecule has 2 aromatic rings. The van der Waals surface area contributed by atoms with Gasteiger partial charge in [-0.1, -0.05) is 49.4 Å². The van der Waals surface area contributed by atoms with Gasteiger partial charge in [-0.15, -0.1) is 0 Å². The molecule has 1 N–H and O–H groups in total. The monoisotopic (exact) mass is 420 g/mol. The van der Waals surface area contributed by atoms with Crippen LogP contribution in [0.4, 0.5) is 13.2 Å². The summed E-state index contributed by atoms with van der Waals surface area (Å²) in [6, 6.07) is 15.2. The average molecular weight is 420 g/mol. The van der Waals surface area contributed by atoms with Crippen LogP contribution < -0.4 is 5.32 Å². The molecule has 0 saturated carbocycles. The quantitative estimate of drug-likeness (QED) is 0.730. The zero-order valence-corrected chi connectivity index (χ0v) is 17.0. The Labute approximate surface area is 175 Å². The first-order valence-electron chi connectivity index (χ1n) is 10.1. The van der Waals surface area contributed by atoms with Gasteiger partial charge in [-0.2, -0.15) is 13.2 Å². The number of nitrogens with zero attached hydrogens (tertiary/aromatic N) is 1. The maximum absolute atomic E-state index is 12.7. The summed E-state index contributed by atoms with van der Waals surface area (Å²) in [6.45, 7) is 5.31. The molecule has 1 aliphatic heterocycles. The molecule has 0 bridgehead atoms. The lowest BCUT2D eigenvalue weighted by Gasteiger charge is -2.33. The van der Waals surface area contributed by atoms with Gasteiger partial charge in [0.2, 0.25) is 5.91 Å². The van der Waals surface area contributed by atoms with Crippen LogP contribution in [0.1, 0.15) is 36.0 Å². The minimum absolute atomic E-state index is 0.0761. The van der Waals surface area contributed by atoms with Gasteiger partial charge in [0.05, 0.1) is 18.3 Å². The van der Waals surface area contributed by atoms with E-state index in [4.69, 9.17) is 4.74 Å². The molecule has 30 heavy (non-hydrogen) atoms. The van der Waals surface area contributed by atoms with Crippen LogP contribution in [-0.4, -0.2) is 43.2 Å². The van der Waals surface area contributed by atoms with E-state index in [1.807, 2.05) is 25.1 Å². The standard InChI is InChI=1S/C23H27F3N2O2/c1-17(19-7-9-20(10-8-19)23(24,25)26)13-22(29)27-14-21-16-28(11-12-30-21)15-18-5-3-2-4-6-18/h2-10,17,21H,11-16H2,1H3,(H,27,29). The molecule has 4 nitrogen and oxygen atoms in total. The predicted molar refractivity (Wildman–Crippen MR) is 109 cm³/mol. The molecule has 7 heteroatoms. The Morgan fingerprint density at radius 3 is 2.53 bits per heavy atom. The summed E-state index contributed by atoms with van der Waals surface area (Å²) in [7, 11) is 0. The number of ether oxygens (including phenoxy) is 1. The predicted octanol–water partition coefficient (Wildman–Crippen LogP) is 4.22. The van der Waals surface area contributed by atoms with Crippen molar-refractivity contribution in [3.05, 3.63) is 71.3 Å². The van der Waals surface area contributed by atoms with Crippen LogP contribution in [0.15, 0.2) is 54.6 Å². The van der Waals surface area contributed by atoms with Gasteiger partial charge < -0.3 is 10.1 Å². The molecule has 2 unspecified atom stereocenters. The van der Waals surface area contributed by atoms with Crippen molar-refractivity contribution >= 4 is 5.91 Å². The first-order valence-corrected chi connectivity index (χ1v) is 10.1. The third-order valence-corrected chi connectivity index (χ3v) is 5.30. The van der Waals surface area contributed by atoms with Crippen molar-refractivity contribution < 1.29 is 22.7 Å². The topological polar surface area (TPSA) is 41.6 Å². The molecule has 1 amide bonds. The highest BCUT2D eigenvalue weighted by Gasteiger charge is 2.30. The summed E-state index contributed by atoms with van der Waals surface area (Å²) < 4.78 is 43.8. The molecule has 1 aliphatic rings. The van der Waals surface area contributed by atoms with E-state index in [0.717, 1.165) is 31.8 Å². The number of alkyl halides is 3. The Bertz CT molecular complexity index is 809. The second-order valence-corrected chi connectivity index (χ2v) is 7.74. The van der Waals surface area contributed by atoms with Crippen LogP contribution in [0.2, 0.25) is 0 Å². The van der Waals surface area contributed by atoms with Gasteiger partial charge in [-0.25, -0.2) is 0 Å². The SMILES string of the molecule is CC(CC(=O)NCC1CN(Cc2ccccc2)CCO1)c1ccc(C(F)(F)F)cc1. The van der Waals surface area contributed by atoms with E-state index < -0.39 is 11.7 Å². The number of nitrogens with one attached hydrogen (secondary N) is 1. The van der Waals surface area contributed by atoms with Crippen LogP contribution in [-0.2, 0) is 22.3 Å². The van der Waals surface area contributed by atoms with Crippen LogP contribution >= 0.6 is 0 Å². The lowest BCUT2D eigenvalue weighted by atomic mass is 9.96. The normalized spacial score (nSPS) is 18.7. The molecular formula is C23H27F3N2O2. The molecule has 0 spiro atoms. The Morgan fingerprint density at radius 2 is 1.87 bits per heavy atom. The highest BCUT2D eigenvalue weighted by atomic mass is 19.4. The number of carbonyl (C=O) groups is 1. The van der Waals surface area contributed by atoms with Crippen molar-refractivity contribution in [2.24, 2.45) is 0 Å². The van der Waals surface area contributed by atoms with Crippen LogP contribution in [0, 0.1) is 0 Å². The van der Waals surface area contributed by atoms with Crippen LogP contribution in [0.5, 0.6) is 0 Å². The summed E-state index contributed by atoms with van der Waals surface area (Å²) in [4.78, 5) is 14.6. The van der Waals surface area contributed by atoms with Gasteiger partial charge in [0.1, 0.15) is 0 Å². The van der Waals surface area contributed by atoms with E-state index in [1.54, 1.807) is 0 Å². The fourth-order valence-corrected chi connectivity index (χ4v) is 3.59. The fourth-order valence-electron chi connectivity index (χ4n) is 3.59. The number of morpholine rings is 1. The highest BCUT2D eigenvalue weighted by Crippen LogP contribution is 2.30. The Balaban J connectivity index is 1.43. The van der Waals surface area contributed by atoms with Crippen molar-refractivity contribution in [1.29, 1.82) is 0 Å². The van der Waals surface area contributed by atoms with E-state index in [-0.39, 0.29) is 24.3 Å². The molecule has 1 fully saturated rings. The second kappa shape index (κ2) is 10.1. The van der Waals surface area contributed by atoms with E-state index in [1.165, 1.54) is 17.7 Å². The number of carbonyl (C=O) groups excluding carboxylic acids is 1. The van der Waals surface area contributed by atoms with Crippen LogP contribution in [0.25, 0.3) is 0 Å². The van der Waals surface area contributed by atoms with Crippen molar-refractivity contribution in [2.45, 2.75) is 38.1 Å². The van der Waals surface area contributed by atoms with Crippen molar-refractivity contribution in [3.8, 4) is 0 Å². The smallest absolute Gasteiger partial charge is 0.374 e. The lowest BCUT2D eigenvalue weighted by Crippen LogP contribution is -2.47. The first-order chi connectivity index (χ1) is 14.3. The maximum Gasteiger partial charge on any atom is 0.416 e. The molecule has 2 aromatic carbocycles. The minimum atomic E-state index is -4.35.